The lowest BCUT2D eigenvalue weighted by Gasteiger charge is -2.11. The Morgan fingerprint density at radius 2 is 2.13 bits per heavy atom. The van der Waals surface area contributed by atoms with Crippen LogP contribution in [0.3, 0.4) is 0 Å². The number of rotatable bonds is 3. The van der Waals surface area contributed by atoms with Gasteiger partial charge in [0.25, 0.3) is 0 Å². The average molecular weight is 259 g/mol. The zero-order valence-electron chi connectivity index (χ0n) is 7.94. The summed E-state index contributed by atoms with van der Waals surface area (Å²) >= 11 is 7.01. The van der Waals surface area contributed by atoms with Gasteiger partial charge in [-0.2, -0.15) is 13.2 Å². The van der Waals surface area contributed by atoms with Gasteiger partial charge in [0.1, 0.15) is 0 Å². The van der Waals surface area contributed by atoms with E-state index in [1.807, 2.05) is 0 Å². The zero-order chi connectivity index (χ0) is 11.6. The summed E-state index contributed by atoms with van der Waals surface area (Å²) in [4.78, 5) is 0.415. The largest absolute Gasteiger partial charge is 0.389 e. The Morgan fingerprint density at radius 3 is 2.53 bits per heavy atom. The highest BCUT2D eigenvalue weighted by atomic mass is 35.5. The lowest BCUT2D eigenvalue weighted by atomic mass is 10.1. The molecular weight excluding hydrogens is 249 g/mol. The van der Waals surface area contributed by atoms with Crippen LogP contribution in [0.5, 0.6) is 0 Å². The second kappa shape index (κ2) is 4.72. The molecule has 0 aliphatic carbocycles. The van der Waals surface area contributed by atoms with E-state index in [9.17, 15) is 18.3 Å². The lowest BCUT2D eigenvalue weighted by molar-refractivity contribution is -0.140. The predicted octanol–water partition coefficient (Wildman–Crippen LogP) is 4.09. The molecule has 1 rings (SSSR count). The van der Waals surface area contributed by atoms with E-state index in [1.165, 1.54) is 11.3 Å². The minimum atomic E-state index is -4.24. The van der Waals surface area contributed by atoms with E-state index >= 15 is 0 Å². The van der Waals surface area contributed by atoms with Gasteiger partial charge in [0.15, 0.2) is 0 Å². The van der Waals surface area contributed by atoms with Crippen molar-refractivity contribution in [3.63, 3.8) is 0 Å². The summed E-state index contributed by atoms with van der Waals surface area (Å²) in [5.74, 6) is 0. The Balaban J connectivity index is 2.62. The van der Waals surface area contributed by atoms with Gasteiger partial charge in [0, 0.05) is 6.42 Å². The molecule has 0 bridgehead atoms. The average Bonchev–Trinajstić information content (AvgIpc) is 2.43. The molecule has 1 unspecified atom stereocenters. The number of aryl methyl sites for hydroxylation is 1. The van der Waals surface area contributed by atoms with Crippen LogP contribution in [0.2, 0.25) is 5.02 Å². The van der Waals surface area contributed by atoms with E-state index in [1.54, 1.807) is 12.3 Å². The summed E-state index contributed by atoms with van der Waals surface area (Å²) in [6, 6.07) is 0. The van der Waals surface area contributed by atoms with Crippen molar-refractivity contribution in [1.82, 2.24) is 0 Å². The number of aliphatic hydroxyl groups excluding tert-OH is 1. The zero-order valence-corrected chi connectivity index (χ0v) is 9.51. The summed E-state index contributed by atoms with van der Waals surface area (Å²) in [7, 11) is 0. The molecule has 0 saturated heterocycles. The van der Waals surface area contributed by atoms with Gasteiger partial charge < -0.3 is 5.11 Å². The maximum absolute atomic E-state index is 11.9. The molecule has 0 aromatic carbocycles. The quantitative estimate of drug-likeness (QED) is 0.866. The molecule has 15 heavy (non-hydrogen) atoms. The molecule has 1 aromatic heterocycles. The van der Waals surface area contributed by atoms with Crippen LogP contribution in [0, 0.1) is 6.92 Å². The van der Waals surface area contributed by atoms with Crippen LogP contribution in [-0.2, 0) is 0 Å². The van der Waals surface area contributed by atoms with E-state index in [-0.39, 0.29) is 6.42 Å². The van der Waals surface area contributed by atoms with Crippen molar-refractivity contribution in [2.24, 2.45) is 0 Å². The van der Waals surface area contributed by atoms with Crippen molar-refractivity contribution < 1.29 is 18.3 Å². The van der Waals surface area contributed by atoms with Crippen LogP contribution in [-0.4, -0.2) is 11.3 Å². The summed E-state index contributed by atoms with van der Waals surface area (Å²) in [6.07, 6.45) is -6.71. The number of hydrogen-bond acceptors (Lipinski definition) is 2. The van der Waals surface area contributed by atoms with Gasteiger partial charge >= 0.3 is 6.18 Å². The van der Waals surface area contributed by atoms with Crippen molar-refractivity contribution in [2.75, 3.05) is 0 Å². The Bertz CT molecular complexity index is 335. The Hall–Kier alpha value is -0.260. The summed E-state index contributed by atoms with van der Waals surface area (Å²) in [5, 5.41) is 11.6. The Morgan fingerprint density at radius 1 is 1.53 bits per heavy atom. The second-order valence-electron chi connectivity index (χ2n) is 3.27. The third-order valence-electron chi connectivity index (χ3n) is 1.93. The van der Waals surface area contributed by atoms with Gasteiger partial charge in [-0.05, 0) is 24.3 Å². The molecule has 0 saturated carbocycles. The van der Waals surface area contributed by atoms with E-state index in [2.05, 4.69) is 0 Å². The highest BCUT2D eigenvalue weighted by Gasteiger charge is 2.29. The molecule has 0 fully saturated rings. The number of hydrogen-bond donors (Lipinski definition) is 1. The van der Waals surface area contributed by atoms with Gasteiger partial charge in [0.05, 0.1) is 16.0 Å². The number of alkyl halides is 3. The minimum Gasteiger partial charge on any atom is -0.388 e. The van der Waals surface area contributed by atoms with Gasteiger partial charge in [-0.15, -0.1) is 11.3 Å². The van der Waals surface area contributed by atoms with Crippen molar-refractivity contribution in [3.8, 4) is 0 Å². The summed E-state index contributed by atoms with van der Waals surface area (Å²) < 4.78 is 35.7. The molecule has 0 spiro atoms. The SMILES string of the molecule is Cc1csc(C(O)CCC(F)(F)F)c1Cl. The molecule has 0 amide bonds. The molecule has 0 aliphatic heterocycles. The standard InChI is InChI=1S/C9H10ClF3OS/c1-5-4-15-8(7(5)10)6(14)2-3-9(11,12)13/h4,6,14H,2-3H2,1H3. The normalized spacial score (nSPS) is 14.3. The van der Waals surface area contributed by atoms with Crippen molar-refractivity contribution >= 4 is 22.9 Å². The Kier molecular flexibility index (Phi) is 4.03. The summed E-state index contributed by atoms with van der Waals surface area (Å²) in [6.45, 7) is 1.75. The third kappa shape index (κ3) is 3.66. The molecular formula is C9H10ClF3OS. The molecule has 0 aliphatic rings. The van der Waals surface area contributed by atoms with E-state index in [0.717, 1.165) is 5.56 Å². The first-order valence-corrected chi connectivity index (χ1v) is 5.55. The van der Waals surface area contributed by atoms with Crippen LogP contribution in [0.25, 0.3) is 0 Å². The first-order valence-electron chi connectivity index (χ1n) is 4.29. The molecule has 1 nitrogen and oxygen atoms in total. The fourth-order valence-electron chi connectivity index (χ4n) is 1.11. The number of halogens is 4. The second-order valence-corrected chi connectivity index (χ2v) is 4.56. The van der Waals surface area contributed by atoms with E-state index < -0.39 is 18.7 Å². The fourth-order valence-corrected chi connectivity index (χ4v) is 2.45. The molecule has 1 heterocycles. The van der Waals surface area contributed by atoms with Crippen LogP contribution in [0.15, 0.2) is 5.38 Å². The van der Waals surface area contributed by atoms with Crippen molar-refractivity contribution in [2.45, 2.75) is 32.0 Å². The van der Waals surface area contributed by atoms with Crippen LogP contribution < -0.4 is 0 Å². The van der Waals surface area contributed by atoms with Crippen molar-refractivity contribution in [1.29, 1.82) is 0 Å². The molecule has 1 N–H and O–H groups in total. The van der Waals surface area contributed by atoms with Gasteiger partial charge in [-0.25, -0.2) is 0 Å². The highest BCUT2D eigenvalue weighted by molar-refractivity contribution is 7.10. The monoisotopic (exact) mass is 258 g/mol. The Labute approximate surface area is 94.5 Å². The molecule has 6 heteroatoms. The van der Waals surface area contributed by atoms with Gasteiger partial charge in [0.2, 0.25) is 0 Å². The molecule has 1 atom stereocenters. The van der Waals surface area contributed by atoms with Gasteiger partial charge in [-0.1, -0.05) is 11.6 Å². The highest BCUT2D eigenvalue weighted by Crippen LogP contribution is 2.36. The smallest absolute Gasteiger partial charge is 0.388 e. The number of aliphatic hydroxyl groups is 1. The third-order valence-corrected chi connectivity index (χ3v) is 3.74. The molecule has 86 valence electrons. The topological polar surface area (TPSA) is 20.2 Å². The summed E-state index contributed by atoms with van der Waals surface area (Å²) in [5.41, 5.74) is 0.780. The van der Waals surface area contributed by atoms with Crippen LogP contribution in [0.4, 0.5) is 13.2 Å². The molecule has 0 radical (unpaired) electrons. The number of thiophene rings is 1. The van der Waals surface area contributed by atoms with E-state index in [4.69, 9.17) is 11.6 Å². The molecule has 1 aromatic rings. The first kappa shape index (κ1) is 12.8. The predicted molar refractivity (Wildman–Crippen MR) is 54.3 cm³/mol. The minimum absolute atomic E-state index is 0.344. The van der Waals surface area contributed by atoms with Crippen LogP contribution in [0.1, 0.15) is 29.4 Å². The van der Waals surface area contributed by atoms with Crippen LogP contribution >= 0.6 is 22.9 Å². The lowest BCUT2D eigenvalue weighted by Crippen LogP contribution is -2.09. The van der Waals surface area contributed by atoms with E-state index in [0.29, 0.717) is 9.90 Å². The fraction of sp³-hybridized carbons (Fsp3) is 0.556. The van der Waals surface area contributed by atoms with Crippen molar-refractivity contribution in [3.05, 3.63) is 20.8 Å². The first-order chi connectivity index (χ1) is 6.81. The maximum Gasteiger partial charge on any atom is 0.389 e. The van der Waals surface area contributed by atoms with Gasteiger partial charge in [-0.3, -0.25) is 0 Å². The maximum atomic E-state index is 11.9.